The molecule has 1 aliphatic heterocycles. The van der Waals surface area contributed by atoms with E-state index in [9.17, 15) is 4.79 Å². The summed E-state index contributed by atoms with van der Waals surface area (Å²) >= 11 is 0. The summed E-state index contributed by atoms with van der Waals surface area (Å²) in [5, 5.41) is 0. The Morgan fingerprint density at radius 3 is 2.00 bits per heavy atom. The second-order valence-electron chi connectivity index (χ2n) is 9.39. The van der Waals surface area contributed by atoms with Crippen LogP contribution >= 0.6 is 0 Å². The van der Waals surface area contributed by atoms with E-state index in [2.05, 4.69) is 103 Å². The Morgan fingerprint density at radius 1 is 0.788 bits per heavy atom. The maximum Gasteiger partial charge on any atom is 0.168 e. The number of hydrogen-bond donors (Lipinski definition) is 0. The molecule has 2 aliphatic rings. The van der Waals surface area contributed by atoms with E-state index in [0.717, 1.165) is 48.1 Å². The Hall–Kier alpha value is -3.39. The minimum Gasteiger partial charge on any atom is -0.334 e. The Kier molecular flexibility index (Phi) is 6.00. The van der Waals surface area contributed by atoms with Gasteiger partial charge in [0.2, 0.25) is 0 Å². The fourth-order valence-corrected chi connectivity index (χ4v) is 5.33. The van der Waals surface area contributed by atoms with Crippen molar-refractivity contribution in [2.24, 2.45) is 5.92 Å². The van der Waals surface area contributed by atoms with Gasteiger partial charge >= 0.3 is 0 Å². The van der Waals surface area contributed by atoms with Gasteiger partial charge in [0.1, 0.15) is 0 Å². The molecule has 166 valence electrons. The predicted molar refractivity (Wildman–Crippen MR) is 137 cm³/mol. The summed E-state index contributed by atoms with van der Waals surface area (Å²) in [7, 11) is 0. The fourth-order valence-electron chi connectivity index (χ4n) is 5.33. The number of allylic oxidation sites excluding steroid dienone is 2. The molecule has 0 aromatic heterocycles. The average Bonchev–Trinajstić information content (AvgIpc) is 2.90. The van der Waals surface area contributed by atoms with Crippen LogP contribution in [0.4, 0.5) is 5.69 Å². The molecule has 0 spiro atoms. The third-order valence-corrected chi connectivity index (χ3v) is 7.19. The minimum absolute atomic E-state index is 0.121. The van der Waals surface area contributed by atoms with Gasteiger partial charge in [-0.25, -0.2) is 0 Å². The number of Topliss-reactive ketones (excluding diaryl/α,β-unsaturated/α-hetero) is 1. The third kappa shape index (κ3) is 4.18. The Balaban J connectivity index is 1.69. The lowest BCUT2D eigenvalue weighted by Crippen LogP contribution is -2.42. The Morgan fingerprint density at radius 2 is 1.36 bits per heavy atom. The molecule has 3 aromatic rings. The van der Waals surface area contributed by atoms with Crippen LogP contribution in [-0.4, -0.2) is 5.78 Å². The second kappa shape index (κ2) is 9.23. The number of benzene rings is 3. The maximum absolute atomic E-state index is 13.9. The average molecular weight is 434 g/mol. The molecular weight excluding hydrogens is 402 g/mol. The lowest BCUT2D eigenvalue weighted by Gasteiger charge is -2.43. The van der Waals surface area contributed by atoms with Crippen LogP contribution in [0.3, 0.4) is 0 Å². The summed E-state index contributed by atoms with van der Waals surface area (Å²) in [6, 6.07) is 31.4. The second-order valence-corrected chi connectivity index (χ2v) is 9.39. The van der Waals surface area contributed by atoms with E-state index in [-0.39, 0.29) is 5.92 Å². The first-order valence-corrected chi connectivity index (χ1v) is 12.1. The standard InChI is InChI=1S/C31H31NO/c1-31(26-18-10-4-11-19-26)22-28(24-14-6-2-7-15-24)29(30(33)25-16-8-3-9-17-25)23-32(31)27-20-12-5-13-21-27/h2,4-7,10-15,18-23,25H,3,8-9,16-17H2,1H3. The molecule has 1 atom stereocenters. The molecule has 0 radical (unpaired) electrons. The van der Waals surface area contributed by atoms with E-state index in [1.54, 1.807) is 0 Å². The van der Waals surface area contributed by atoms with Gasteiger partial charge in [0.05, 0.1) is 5.54 Å². The SMILES string of the molecule is CC1(c2ccccc2)C=C(c2ccccc2)C(C(=O)C2CCCCC2)=CN1c1ccccc1. The van der Waals surface area contributed by atoms with Crippen molar-refractivity contribution in [3.63, 3.8) is 0 Å². The normalized spacial score (nSPS) is 21.3. The van der Waals surface area contributed by atoms with E-state index in [1.165, 1.54) is 12.0 Å². The van der Waals surface area contributed by atoms with Crippen molar-refractivity contribution in [1.82, 2.24) is 0 Å². The molecule has 2 heteroatoms. The largest absolute Gasteiger partial charge is 0.334 e. The van der Waals surface area contributed by atoms with Gasteiger partial charge < -0.3 is 4.90 Å². The van der Waals surface area contributed by atoms with Gasteiger partial charge in [-0.2, -0.15) is 0 Å². The molecule has 3 aromatic carbocycles. The van der Waals surface area contributed by atoms with Gasteiger partial charge in [-0.05, 0) is 54.7 Å². The number of nitrogens with zero attached hydrogens (tertiary/aromatic N) is 1. The highest BCUT2D eigenvalue weighted by Crippen LogP contribution is 2.44. The summed E-state index contributed by atoms with van der Waals surface area (Å²) in [5.74, 6) is 0.414. The molecule has 1 heterocycles. The van der Waals surface area contributed by atoms with Gasteiger partial charge in [-0.1, -0.05) is 98.1 Å². The molecule has 1 unspecified atom stereocenters. The summed E-state index contributed by atoms with van der Waals surface area (Å²) < 4.78 is 0. The van der Waals surface area contributed by atoms with Crippen molar-refractivity contribution in [2.45, 2.75) is 44.6 Å². The van der Waals surface area contributed by atoms with Crippen LogP contribution in [-0.2, 0) is 10.3 Å². The van der Waals surface area contributed by atoms with Crippen molar-refractivity contribution >= 4 is 17.0 Å². The van der Waals surface area contributed by atoms with Crippen LogP contribution in [0.25, 0.3) is 5.57 Å². The van der Waals surface area contributed by atoms with Gasteiger partial charge in [0.25, 0.3) is 0 Å². The highest BCUT2D eigenvalue weighted by atomic mass is 16.1. The lowest BCUT2D eigenvalue weighted by atomic mass is 9.76. The number of hydrogen-bond acceptors (Lipinski definition) is 2. The quantitative estimate of drug-likeness (QED) is 0.414. The zero-order valence-corrected chi connectivity index (χ0v) is 19.3. The molecule has 5 rings (SSSR count). The highest BCUT2D eigenvalue weighted by molar-refractivity contribution is 6.12. The zero-order chi connectivity index (χ0) is 22.7. The topological polar surface area (TPSA) is 20.3 Å². The zero-order valence-electron chi connectivity index (χ0n) is 19.3. The first-order valence-electron chi connectivity index (χ1n) is 12.1. The third-order valence-electron chi connectivity index (χ3n) is 7.19. The number of rotatable bonds is 5. The molecule has 0 N–H and O–H groups in total. The molecule has 2 nitrogen and oxygen atoms in total. The molecule has 33 heavy (non-hydrogen) atoms. The van der Waals surface area contributed by atoms with E-state index in [1.807, 2.05) is 12.1 Å². The molecule has 1 aliphatic carbocycles. The van der Waals surface area contributed by atoms with Crippen LogP contribution in [0, 0.1) is 5.92 Å². The number of carbonyl (C=O) groups is 1. The van der Waals surface area contributed by atoms with Crippen molar-refractivity contribution in [2.75, 3.05) is 4.90 Å². The van der Waals surface area contributed by atoms with Crippen LogP contribution in [0.5, 0.6) is 0 Å². The van der Waals surface area contributed by atoms with Crippen molar-refractivity contribution in [1.29, 1.82) is 0 Å². The lowest BCUT2D eigenvalue weighted by molar-refractivity contribution is -0.119. The molecule has 1 saturated carbocycles. The highest BCUT2D eigenvalue weighted by Gasteiger charge is 2.38. The summed E-state index contributed by atoms with van der Waals surface area (Å²) in [6.45, 7) is 2.25. The summed E-state index contributed by atoms with van der Waals surface area (Å²) in [6.07, 6.45) is 9.98. The first kappa shape index (κ1) is 21.5. The maximum atomic E-state index is 13.9. The Bertz CT molecular complexity index is 1160. The van der Waals surface area contributed by atoms with Crippen molar-refractivity contribution in [3.05, 3.63) is 120 Å². The molecule has 1 fully saturated rings. The van der Waals surface area contributed by atoms with Crippen LogP contribution in [0.15, 0.2) is 109 Å². The molecule has 0 amide bonds. The minimum atomic E-state index is -0.426. The van der Waals surface area contributed by atoms with E-state index >= 15 is 0 Å². The smallest absolute Gasteiger partial charge is 0.168 e. The fraction of sp³-hybridized carbons (Fsp3) is 0.258. The predicted octanol–water partition coefficient (Wildman–Crippen LogP) is 7.54. The number of carbonyl (C=O) groups excluding carboxylic acids is 1. The van der Waals surface area contributed by atoms with Gasteiger partial charge in [-0.3, -0.25) is 4.79 Å². The molecular formula is C31H31NO. The summed E-state index contributed by atoms with van der Waals surface area (Å²) in [4.78, 5) is 16.2. The van der Waals surface area contributed by atoms with E-state index in [0.29, 0.717) is 5.78 Å². The van der Waals surface area contributed by atoms with Crippen LogP contribution in [0.2, 0.25) is 0 Å². The molecule has 0 bridgehead atoms. The number of anilines is 1. The monoisotopic (exact) mass is 433 g/mol. The van der Waals surface area contributed by atoms with Crippen LogP contribution < -0.4 is 4.90 Å². The van der Waals surface area contributed by atoms with Crippen LogP contribution in [0.1, 0.15) is 50.2 Å². The van der Waals surface area contributed by atoms with Crippen molar-refractivity contribution in [3.8, 4) is 0 Å². The van der Waals surface area contributed by atoms with E-state index in [4.69, 9.17) is 0 Å². The van der Waals surface area contributed by atoms with Gasteiger partial charge in [0.15, 0.2) is 5.78 Å². The number of ketones is 1. The number of para-hydroxylation sites is 1. The van der Waals surface area contributed by atoms with Gasteiger partial charge in [0, 0.05) is 23.4 Å². The van der Waals surface area contributed by atoms with Gasteiger partial charge in [-0.15, -0.1) is 0 Å². The molecule has 0 saturated heterocycles. The Labute approximate surface area is 197 Å². The van der Waals surface area contributed by atoms with E-state index < -0.39 is 5.54 Å². The first-order chi connectivity index (χ1) is 16.2. The van der Waals surface area contributed by atoms with Crippen molar-refractivity contribution < 1.29 is 4.79 Å². The summed E-state index contributed by atoms with van der Waals surface area (Å²) in [5.41, 5.74) is 4.84.